The Hall–Kier alpha value is -1.31. The van der Waals surface area contributed by atoms with Gasteiger partial charge in [0.05, 0.1) is 0 Å². The van der Waals surface area contributed by atoms with Gasteiger partial charge < -0.3 is 15.0 Å². The molecular weight excluding hydrogens is 288 g/mol. The molecule has 1 atom stereocenters. The standard InChI is InChI=1S/C10H11BrN4O2/c1-16-8(4-12)10-14-9(15-17-10)7-3-2-6(11)5-13-7/h2-3,5,8H,4,12H2,1H3. The lowest BCUT2D eigenvalue weighted by molar-refractivity contribution is 0.0804. The van der Waals surface area contributed by atoms with Gasteiger partial charge in [-0.2, -0.15) is 4.98 Å². The predicted molar refractivity (Wildman–Crippen MR) is 64.0 cm³/mol. The summed E-state index contributed by atoms with van der Waals surface area (Å²) in [5, 5.41) is 3.83. The minimum atomic E-state index is -0.383. The molecule has 2 aromatic rings. The Morgan fingerprint density at radius 3 is 2.94 bits per heavy atom. The molecule has 0 aliphatic heterocycles. The van der Waals surface area contributed by atoms with Crippen LogP contribution in [0.3, 0.4) is 0 Å². The van der Waals surface area contributed by atoms with Crippen molar-refractivity contribution in [3.05, 3.63) is 28.7 Å². The van der Waals surface area contributed by atoms with Gasteiger partial charge in [0.2, 0.25) is 5.82 Å². The number of hydrogen-bond donors (Lipinski definition) is 1. The van der Waals surface area contributed by atoms with E-state index in [0.29, 0.717) is 17.4 Å². The SMILES string of the molecule is COC(CN)c1nc(-c2ccc(Br)cn2)no1. The smallest absolute Gasteiger partial charge is 0.257 e. The third-order valence-corrected chi connectivity index (χ3v) is 2.64. The molecule has 2 N–H and O–H groups in total. The highest BCUT2D eigenvalue weighted by molar-refractivity contribution is 9.10. The Kier molecular flexibility index (Phi) is 3.82. The van der Waals surface area contributed by atoms with Gasteiger partial charge in [0.1, 0.15) is 11.8 Å². The largest absolute Gasteiger partial charge is 0.370 e. The van der Waals surface area contributed by atoms with Crippen LogP contribution in [0.15, 0.2) is 27.3 Å². The Labute approximate surface area is 106 Å². The molecule has 7 heteroatoms. The van der Waals surface area contributed by atoms with E-state index in [9.17, 15) is 0 Å². The van der Waals surface area contributed by atoms with Gasteiger partial charge in [-0.1, -0.05) is 5.16 Å². The van der Waals surface area contributed by atoms with E-state index in [4.69, 9.17) is 15.0 Å². The van der Waals surface area contributed by atoms with Crippen LogP contribution >= 0.6 is 15.9 Å². The van der Waals surface area contributed by atoms with Crippen LogP contribution in [-0.2, 0) is 4.74 Å². The minimum absolute atomic E-state index is 0.284. The van der Waals surface area contributed by atoms with Crippen molar-refractivity contribution in [3.8, 4) is 11.5 Å². The molecule has 0 aliphatic carbocycles. The molecule has 2 aromatic heterocycles. The fourth-order valence-corrected chi connectivity index (χ4v) is 1.51. The molecule has 0 saturated carbocycles. The highest BCUT2D eigenvalue weighted by Crippen LogP contribution is 2.19. The zero-order valence-electron chi connectivity index (χ0n) is 9.13. The first-order chi connectivity index (χ1) is 8.24. The first kappa shape index (κ1) is 12.2. The normalized spacial score (nSPS) is 12.6. The summed E-state index contributed by atoms with van der Waals surface area (Å²) in [5.74, 6) is 0.776. The van der Waals surface area contributed by atoms with Crippen LogP contribution in [0.2, 0.25) is 0 Å². The van der Waals surface area contributed by atoms with Crippen LogP contribution in [0.4, 0.5) is 0 Å². The molecule has 1 unspecified atom stereocenters. The highest BCUT2D eigenvalue weighted by Gasteiger charge is 2.17. The molecule has 0 aliphatic rings. The molecule has 0 saturated heterocycles. The molecule has 6 nitrogen and oxygen atoms in total. The molecule has 0 aromatic carbocycles. The second-order valence-electron chi connectivity index (χ2n) is 3.28. The number of nitrogens with zero attached hydrogens (tertiary/aromatic N) is 3. The van der Waals surface area contributed by atoms with Crippen LogP contribution in [0, 0.1) is 0 Å². The summed E-state index contributed by atoms with van der Waals surface area (Å²) in [6.45, 7) is 0.284. The van der Waals surface area contributed by atoms with E-state index in [1.165, 1.54) is 0 Å². The Balaban J connectivity index is 2.26. The molecule has 0 amide bonds. The summed E-state index contributed by atoms with van der Waals surface area (Å²) in [5.41, 5.74) is 6.14. The number of nitrogens with two attached hydrogens (primary N) is 1. The molecule has 17 heavy (non-hydrogen) atoms. The van der Waals surface area contributed by atoms with E-state index >= 15 is 0 Å². The first-order valence-electron chi connectivity index (χ1n) is 4.93. The average molecular weight is 299 g/mol. The number of methoxy groups -OCH3 is 1. The molecule has 0 bridgehead atoms. The van der Waals surface area contributed by atoms with Gasteiger partial charge >= 0.3 is 0 Å². The van der Waals surface area contributed by atoms with Gasteiger partial charge in [0.25, 0.3) is 5.89 Å². The Morgan fingerprint density at radius 1 is 1.53 bits per heavy atom. The second kappa shape index (κ2) is 5.35. The van der Waals surface area contributed by atoms with Gasteiger partial charge in [0, 0.05) is 24.3 Å². The van der Waals surface area contributed by atoms with E-state index < -0.39 is 0 Å². The van der Waals surface area contributed by atoms with Crippen molar-refractivity contribution in [2.45, 2.75) is 6.10 Å². The van der Waals surface area contributed by atoms with Crippen LogP contribution in [0.5, 0.6) is 0 Å². The lowest BCUT2D eigenvalue weighted by Gasteiger charge is -2.05. The third-order valence-electron chi connectivity index (χ3n) is 2.17. The molecule has 2 rings (SSSR count). The van der Waals surface area contributed by atoms with Crippen molar-refractivity contribution in [1.82, 2.24) is 15.1 Å². The number of ether oxygens (including phenoxy) is 1. The van der Waals surface area contributed by atoms with Crippen molar-refractivity contribution in [2.75, 3.05) is 13.7 Å². The van der Waals surface area contributed by atoms with Gasteiger partial charge in [-0.15, -0.1) is 0 Å². The number of aromatic nitrogens is 3. The van der Waals surface area contributed by atoms with Crippen LogP contribution in [0.25, 0.3) is 11.5 Å². The van der Waals surface area contributed by atoms with Gasteiger partial charge in [-0.3, -0.25) is 4.98 Å². The van der Waals surface area contributed by atoms with Crippen molar-refractivity contribution in [1.29, 1.82) is 0 Å². The van der Waals surface area contributed by atoms with E-state index in [1.807, 2.05) is 6.07 Å². The third kappa shape index (κ3) is 2.68. The van der Waals surface area contributed by atoms with Crippen LogP contribution in [0.1, 0.15) is 12.0 Å². The minimum Gasteiger partial charge on any atom is -0.370 e. The molecule has 0 fully saturated rings. The number of pyridine rings is 1. The maximum atomic E-state index is 5.51. The second-order valence-corrected chi connectivity index (χ2v) is 4.19. The van der Waals surface area contributed by atoms with Gasteiger partial charge in [-0.25, -0.2) is 0 Å². The zero-order valence-corrected chi connectivity index (χ0v) is 10.7. The Bertz CT molecular complexity index is 481. The fourth-order valence-electron chi connectivity index (χ4n) is 1.28. The summed E-state index contributed by atoms with van der Waals surface area (Å²) < 4.78 is 11.1. The topological polar surface area (TPSA) is 87.1 Å². The lowest BCUT2D eigenvalue weighted by Crippen LogP contribution is -2.14. The fraction of sp³-hybridized carbons (Fsp3) is 0.300. The molecule has 0 radical (unpaired) electrons. The van der Waals surface area contributed by atoms with E-state index in [2.05, 4.69) is 31.1 Å². The molecule has 2 heterocycles. The Morgan fingerprint density at radius 2 is 2.35 bits per heavy atom. The van der Waals surface area contributed by atoms with Crippen molar-refractivity contribution in [2.24, 2.45) is 5.73 Å². The molecular formula is C10H11BrN4O2. The summed E-state index contributed by atoms with van der Waals surface area (Å²) >= 11 is 3.31. The number of hydrogen-bond acceptors (Lipinski definition) is 6. The zero-order chi connectivity index (χ0) is 12.3. The van der Waals surface area contributed by atoms with E-state index in [1.54, 1.807) is 19.4 Å². The highest BCUT2D eigenvalue weighted by atomic mass is 79.9. The molecule has 0 spiro atoms. The van der Waals surface area contributed by atoms with Gasteiger partial charge in [-0.05, 0) is 28.1 Å². The summed E-state index contributed by atoms with van der Waals surface area (Å²) in [6, 6.07) is 3.65. The summed E-state index contributed by atoms with van der Waals surface area (Å²) in [4.78, 5) is 8.36. The number of rotatable bonds is 4. The van der Waals surface area contributed by atoms with Crippen LogP contribution in [-0.4, -0.2) is 28.8 Å². The molecule has 90 valence electrons. The van der Waals surface area contributed by atoms with Crippen LogP contribution < -0.4 is 5.73 Å². The lowest BCUT2D eigenvalue weighted by atomic mass is 10.3. The maximum Gasteiger partial charge on any atom is 0.257 e. The quantitative estimate of drug-likeness (QED) is 0.921. The van der Waals surface area contributed by atoms with E-state index in [0.717, 1.165) is 4.47 Å². The van der Waals surface area contributed by atoms with E-state index in [-0.39, 0.29) is 12.6 Å². The summed E-state index contributed by atoms with van der Waals surface area (Å²) in [6.07, 6.45) is 1.29. The van der Waals surface area contributed by atoms with Crippen molar-refractivity contribution >= 4 is 15.9 Å². The number of halogens is 1. The maximum absolute atomic E-state index is 5.51. The monoisotopic (exact) mass is 298 g/mol. The predicted octanol–water partition coefficient (Wildman–Crippen LogP) is 1.54. The average Bonchev–Trinajstić information content (AvgIpc) is 2.81. The first-order valence-corrected chi connectivity index (χ1v) is 5.72. The van der Waals surface area contributed by atoms with Crippen molar-refractivity contribution in [3.63, 3.8) is 0 Å². The van der Waals surface area contributed by atoms with Crippen molar-refractivity contribution < 1.29 is 9.26 Å². The van der Waals surface area contributed by atoms with Gasteiger partial charge in [0.15, 0.2) is 0 Å². The summed E-state index contributed by atoms with van der Waals surface area (Å²) in [7, 11) is 1.54.